The maximum absolute atomic E-state index is 12.4. The summed E-state index contributed by atoms with van der Waals surface area (Å²) in [5, 5.41) is 17.6. The van der Waals surface area contributed by atoms with Gasteiger partial charge in [-0.2, -0.15) is 10.2 Å². The molecule has 1 amide bonds. The van der Waals surface area contributed by atoms with Gasteiger partial charge in [-0.25, -0.2) is 4.98 Å². The molecule has 0 radical (unpaired) electrons. The van der Waals surface area contributed by atoms with Crippen LogP contribution in [-0.2, 0) is 6.54 Å². The molecule has 130 valence electrons. The van der Waals surface area contributed by atoms with Gasteiger partial charge in [0.05, 0.1) is 30.9 Å². The molecule has 26 heavy (non-hydrogen) atoms. The Morgan fingerprint density at radius 3 is 2.81 bits per heavy atom. The first-order chi connectivity index (χ1) is 12.7. The van der Waals surface area contributed by atoms with Crippen molar-refractivity contribution in [3.05, 3.63) is 60.0 Å². The van der Waals surface area contributed by atoms with E-state index in [2.05, 4.69) is 30.7 Å². The van der Waals surface area contributed by atoms with Crippen molar-refractivity contribution in [3.63, 3.8) is 0 Å². The molecule has 2 aromatic carbocycles. The fraction of sp³-hybridized carbons (Fsp3) is 0.111. The number of ether oxygens (including phenoxy) is 1. The standard InChI is InChI=1S/C18H16N6O2/c1-26-13-7-5-11(6-8-13)17-21-15(22-24-17)10-19-18(25)14-4-2-3-12-9-20-23-16(12)14/h2-9H,10H2,1H3,(H,19,25)(H,20,23)(H,21,22,24). The third-order valence-corrected chi connectivity index (χ3v) is 4.02. The monoisotopic (exact) mass is 348 g/mol. The first-order valence-corrected chi connectivity index (χ1v) is 8.00. The summed E-state index contributed by atoms with van der Waals surface area (Å²) in [6.45, 7) is 0.243. The summed E-state index contributed by atoms with van der Waals surface area (Å²) in [5.74, 6) is 1.69. The molecule has 4 aromatic rings. The number of fused-ring (bicyclic) bond motifs is 1. The number of hydrogen-bond donors (Lipinski definition) is 3. The molecule has 2 aromatic heterocycles. The van der Waals surface area contributed by atoms with Crippen molar-refractivity contribution in [1.82, 2.24) is 30.7 Å². The molecule has 8 nitrogen and oxygen atoms in total. The molecule has 0 unspecified atom stereocenters. The van der Waals surface area contributed by atoms with Crippen LogP contribution < -0.4 is 10.1 Å². The maximum Gasteiger partial charge on any atom is 0.253 e. The number of H-pyrrole nitrogens is 2. The van der Waals surface area contributed by atoms with Crippen LogP contribution >= 0.6 is 0 Å². The zero-order valence-corrected chi connectivity index (χ0v) is 14.0. The van der Waals surface area contributed by atoms with Crippen molar-refractivity contribution in [2.24, 2.45) is 0 Å². The largest absolute Gasteiger partial charge is 0.497 e. The molecule has 2 heterocycles. The lowest BCUT2D eigenvalue weighted by molar-refractivity contribution is 0.0951. The second-order valence-electron chi connectivity index (χ2n) is 5.66. The molecule has 0 aliphatic carbocycles. The quantitative estimate of drug-likeness (QED) is 0.513. The molecule has 0 spiro atoms. The summed E-state index contributed by atoms with van der Waals surface area (Å²) in [4.78, 5) is 16.9. The number of aromatic nitrogens is 5. The van der Waals surface area contributed by atoms with Gasteiger partial charge >= 0.3 is 0 Å². The van der Waals surface area contributed by atoms with Crippen LogP contribution in [0.2, 0.25) is 0 Å². The summed E-state index contributed by atoms with van der Waals surface area (Å²) >= 11 is 0. The van der Waals surface area contributed by atoms with E-state index in [1.165, 1.54) is 0 Å². The van der Waals surface area contributed by atoms with Crippen molar-refractivity contribution >= 4 is 16.8 Å². The highest BCUT2D eigenvalue weighted by Crippen LogP contribution is 2.19. The van der Waals surface area contributed by atoms with Gasteiger partial charge < -0.3 is 10.1 Å². The Morgan fingerprint density at radius 2 is 2.00 bits per heavy atom. The molecule has 0 aliphatic heterocycles. The van der Waals surface area contributed by atoms with E-state index < -0.39 is 0 Å². The Bertz CT molecular complexity index is 1050. The Balaban J connectivity index is 1.46. The molecule has 3 N–H and O–H groups in total. The van der Waals surface area contributed by atoms with E-state index in [-0.39, 0.29) is 12.5 Å². The van der Waals surface area contributed by atoms with Crippen LogP contribution in [0.5, 0.6) is 5.75 Å². The van der Waals surface area contributed by atoms with Crippen LogP contribution in [-0.4, -0.2) is 38.4 Å². The summed E-state index contributed by atoms with van der Waals surface area (Å²) in [6, 6.07) is 12.9. The highest BCUT2D eigenvalue weighted by atomic mass is 16.5. The minimum atomic E-state index is -0.206. The SMILES string of the molecule is COc1ccc(-c2n[nH]c(CNC(=O)c3cccc4cn[nH]c34)n2)cc1. The van der Waals surface area contributed by atoms with Gasteiger partial charge in [0.15, 0.2) is 5.82 Å². The van der Waals surface area contributed by atoms with Gasteiger partial charge in [0.2, 0.25) is 0 Å². The maximum atomic E-state index is 12.4. The van der Waals surface area contributed by atoms with E-state index in [0.29, 0.717) is 22.7 Å². The number of para-hydroxylation sites is 1. The van der Waals surface area contributed by atoms with Crippen LogP contribution in [0.15, 0.2) is 48.7 Å². The van der Waals surface area contributed by atoms with Crippen LogP contribution in [0, 0.1) is 0 Å². The van der Waals surface area contributed by atoms with E-state index >= 15 is 0 Å². The molecule has 0 fully saturated rings. The lowest BCUT2D eigenvalue weighted by Gasteiger charge is -2.04. The van der Waals surface area contributed by atoms with Gasteiger partial charge in [0.1, 0.15) is 11.6 Å². The molecule has 4 rings (SSSR count). The van der Waals surface area contributed by atoms with Gasteiger partial charge in [0, 0.05) is 10.9 Å². The molecular weight excluding hydrogens is 332 g/mol. The van der Waals surface area contributed by atoms with E-state index in [1.807, 2.05) is 36.4 Å². The van der Waals surface area contributed by atoms with Crippen molar-refractivity contribution in [3.8, 4) is 17.1 Å². The number of nitrogens with one attached hydrogen (secondary N) is 3. The summed E-state index contributed by atoms with van der Waals surface area (Å²) in [6.07, 6.45) is 1.68. The number of nitrogens with zero attached hydrogens (tertiary/aromatic N) is 3. The van der Waals surface area contributed by atoms with Crippen LogP contribution in [0.3, 0.4) is 0 Å². The second kappa shape index (κ2) is 6.67. The van der Waals surface area contributed by atoms with Crippen molar-refractivity contribution in [2.75, 3.05) is 7.11 Å². The fourth-order valence-electron chi connectivity index (χ4n) is 2.66. The van der Waals surface area contributed by atoms with Gasteiger partial charge in [-0.1, -0.05) is 12.1 Å². The van der Waals surface area contributed by atoms with E-state index in [4.69, 9.17) is 4.74 Å². The highest BCUT2D eigenvalue weighted by molar-refractivity contribution is 6.05. The number of amides is 1. The summed E-state index contributed by atoms with van der Waals surface area (Å²) < 4.78 is 5.14. The van der Waals surface area contributed by atoms with E-state index in [1.54, 1.807) is 19.4 Å². The zero-order valence-electron chi connectivity index (χ0n) is 14.0. The Morgan fingerprint density at radius 1 is 1.15 bits per heavy atom. The zero-order chi connectivity index (χ0) is 17.9. The molecule has 0 saturated heterocycles. The van der Waals surface area contributed by atoms with Gasteiger partial charge in [0.25, 0.3) is 5.91 Å². The first-order valence-electron chi connectivity index (χ1n) is 8.00. The lowest BCUT2D eigenvalue weighted by Crippen LogP contribution is -2.23. The molecule has 8 heteroatoms. The third kappa shape index (κ3) is 3.00. The van der Waals surface area contributed by atoms with Gasteiger partial charge in [-0.05, 0) is 30.3 Å². The van der Waals surface area contributed by atoms with E-state index in [0.717, 1.165) is 16.7 Å². The summed E-state index contributed by atoms with van der Waals surface area (Å²) in [7, 11) is 1.62. The molecular formula is C18H16N6O2. The minimum Gasteiger partial charge on any atom is -0.497 e. The molecule has 0 saturated carbocycles. The Hall–Kier alpha value is -3.68. The number of benzene rings is 2. The minimum absolute atomic E-state index is 0.206. The number of hydrogen-bond acceptors (Lipinski definition) is 5. The highest BCUT2D eigenvalue weighted by Gasteiger charge is 2.12. The van der Waals surface area contributed by atoms with Crippen molar-refractivity contribution in [1.29, 1.82) is 0 Å². The number of rotatable bonds is 5. The van der Waals surface area contributed by atoms with Gasteiger partial charge in [-0.3, -0.25) is 15.0 Å². The number of carbonyl (C=O) groups is 1. The predicted molar refractivity (Wildman–Crippen MR) is 95.6 cm³/mol. The second-order valence-corrected chi connectivity index (χ2v) is 5.66. The lowest BCUT2D eigenvalue weighted by atomic mass is 10.1. The van der Waals surface area contributed by atoms with Gasteiger partial charge in [-0.15, -0.1) is 0 Å². The smallest absolute Gasteiger partial charge is 0.253 e. The van der Waals surface area contributed by atoms with Crippen LogP contribution in [0.25, 0.3) is 22.3 Å². The average molecular weight is 348 g/mol. The number of aromatic amines is 2. The normalized spacial score (nSPS) is 10.8. The van der Waals surface area contributed by atoms with Crippen LogP contribution in [0.4, 0.5) is 0 Å². The third-order valence-electron chi connectivity index (χ3n) is 4.02. The Labute approximate surface area is 148 Å². The van der Waals surface area contributed by atoms with Crippen molar-refractivity contribution < 1.29 is 9.53 Å². The van der Waals surface area contributed by atoms with E-state index in [9.17, 15) is 4.79 Å². The first kappa shape index (κ1) is 15.8. The molecule has 0 bridgehead atoms. The topological polar surface area (TPSA) is 109 Å². The van der Waals surface area contributed by atoms with Crippen LogP contribution in [0.1, 0.15) is 16.2 Å². The number of carbonyl (C=O) groups excluding carboxylic acids is 1. The summed E-state index contributed by atoms with van der Waals surface area (Å²) in [5.41, 5.74) is 2.11. The molecule has 0 atom stereocenters. The van der Waals surface area contributed by atoms with Crippen molar-refractivity contribution in [2.45, 2.75) is 6.54 Å². The Kier molecular flexibility index (Phi) is 4.06. The number of methoxy groups -OCH3 is 1. The molecule has 0 aliphatic rings. The predicted octanol–water partition coefficient (Wildman–Crippen LogP) is 2.29. The fourth-order valence-corrected chi connectivity index (χ4v) is 2.66. The average Bonchev–Trinajstić information content (AvgIpc) is 3.35.